The first-order valence-corrected chi connectivity index (χ1v) is 10.1. The van der Waals surface area contributed by atoms with Crippen molar-refractivity contribution < 1.29 is 19.3 Å². The second-order valence-corrected chi connectivity index (χ2v) is 7.98. The molecule has 1 aliphatic rings. The molecule has 1 saturated heterocycles. The number of piperazine rings is 1. The Labute approximate surface area is 159 Å². The summed E-state index contributed by atoms with van der Waals surface area (Å²) in [6, 6.07) is 12.2. The Morgan fingerprint density at radius 2 is 1.92 bits per heavy atom. The first kappa shape index (κ1) is 18.9. The second-order valence-electron chi connectivity index (χ2n) is 6.95. The number of thiophene rings is 1. The summed E-state index contributed by atoms with van der Waals surface area (Å²) in [5.41, 5.74) is 1.09. The van der Waals surface area contributed by atoms with Crippen LogP contribution in [-0.2, 0) is 17.9 Å². The Hall–Kier alpha value is -1.89. The summed E-state index contributed by atoms with van der Waals surface area (Å²) >= 11 is 1.84. The van der Waals surface area contributed by atoms with Gasteiger partial charge in [-0.3, -0.25) is 4.79 Å². The van der Waals surface area contributed by atoms with E-state index in [1.165, 1.54) is 9.78 Å². The number of quaternary nitrogens is 2. The summed E-state index contributed by atoms with van der Waals surface area (Å²) in [6.45, 7) is 8.09. The highest BCUT2D eigenvalue weighted by Gasteiger charge is 2.30. The first-order valence-electron chi connectivity index (χ1n) is 9.27. The van der Waals surface area contributed by atoms with Crippen LogP contribution in [0.4, 0.5) is 0 Å². The molecular weight excluding hydrogens is 346 g/mol. The first-order chi connectivity index (χ1) is 12.7. The van der Waals surface area contributed by atoms with E-state index in [1.54, 1.807) is 12.0 Å². The summed E-state index contributed by atoms with van der Waals surface area (Å²) in [4.78, 5) is 17.0. The zero-order chi connectivity index (χ0) is 18.4. The van der Waals surface area contributed by atoms with E-state index in [4.69, 9.17) is 4.74 Å². The summed E-state index contributed by atoms with van der Waals surface area (Å²) in [5, 5.41) is 5.22. The number of rotatable bonds is 7. The third-order valence-electron chi connectivity index (χ3n) is 5.24. The molecule has 140 valence electrons. The smallest absolute Gasteiger partial charge is 0.278 e. The van der Waals surface area contributed by atoms with E-state index in [2.05, 4.69) is 22.8 Å². The van der Waals surface area contributed by atoms with Gasteiger partial charge in [0.15, 0.2) is 6.04 Å². The Morgan fingerprint density at radius 3 is 2.54 bits per heavy atom. The van der Waals surface area contributed by atoms with Crippen molar-refractivity contribution in [2.24, 2.45) is 0 Å². The third-order valence-corrected chi connectivity index (χ3v) is 6.11. The summed E-state index contributed by atoms with van der Waals surface area (Å²) in [5.74, 6) is 0.971. The number of carbonyl (C=O) groups is 1. The van der Waals surface area contributed by atoms with Gasteiger partial charge in [-0.05, 0) is 36.1 Å². The molecule has 0 saturated carbocycles. The summed E-state index contributed by atoms with van der Waals surface area (Å²) in [6.07, 6.45) is 0. The summed E-state index contributed by atoms with van der Waals surface area (Å²) < 4.78 is 5.16. The van der Waals surface area contributed by atoms with Gasteiger partial charge < -0.3 is 19.9 Å². The van der Waals surface area contributed by atoms with Gasteiger partial charge in [0.2, 0.25) is 0 Å². The SMILES string of the molecule is COc1ccc(CNC(=O)[C@H](C)[NH+]2CC[NH+](Cc3cccs3)CC2)cc1. The Bertz CT molecular complexity index is 680. The number of hydrogen-bond donors (Lipinski definition) is 3. The molecule has 3 rings (SSSR count). The van der Waals surface area contributed by atoms with E-state index in [0.717, 1.165) is 44.0 Å². The fourth-order valence-electron chi connectivity index (χ4n) is 3.47. The van der Waals surface area contributed by atoms with E-state index < -0.39 is 0 Å². The summed E-state index contributed by atoms with van der Waals surface area (Å²) in [7, 11) is 1.66. The van der Waals surface area contributed by atoms with Crippen molar-refractivity contribution >= 4 is 17.2 Å². The van der Waals surface area contributed by atoms with Crippen molar-refractivity contribution in [3.05, 3.63) is 52.2 Å². The van der Waals surface area contributed by atoms with Crippen LogP contribution in [0.2, 0.25) is 0 Å². The van der Waals surface area contributed by atoms with Gasteiger partial charge in [-0.25, -0.2) is 0 Å². The highest BCUT2D eigenvalue weighted by atomic mass is 32.1. The molecule has 1 atom stereocenters. The zero-order valence-electron chi connectivity index (χ0n) is 15.6. The van der Waals surface area contributed by atoms with Gasteiger partial charge in [-0.15, -0.1) is 11.3 Å². The average molecular weight is 376 g/mol. The van der Waals surface area contributed by atoms with Gasteiger partial charge >= 0.3 is 0 Å². The standard InChI is InChI=1S/C20H27N3O2S/c1-16(20(24)21-14-17-5-7-18(25-2)8-6-17)23-11-9-22(10-12-23)15-19-4-3-13-26-19/h3-8,13,16H,9-12,14-15H2,1-2H3,(H,21,24)/p+2/t16-/m0/s1. The van der Waals surface area contributed by atoms with Crippen molar-refractivity contribution in [1.29, 1.82) is 0 Å². The lowest BCUT2D eigenvalue weighted by molar-refractivity contribution is -1.02. The molecule has 5 nitrogen and oxygen atoms in total. The number of amides is 1. The Balaban J connectivity index is 1.42. The molecule has 0 aliphatic carbocycles. The van der Waals surface area contributed by atoms with Gasteiger partial charge in [0, 0.05) is 6.54 Å². The number of ether oxygens (including phenoxy) is 1. The molecule has 1 fully saturated rings. The molecule has 0 bridgehead atoms. The molecular formula is C20H29N3O2S+2. The second kappa shape index (κ2) is 9.16. The fraction of sp³-hybridized carbons (Fsp3) is 0.450. The maximum atomic E-state index is 12.5. The van der Waals surface area contributed by atoms with Gasteiger partial charge in [-0.1, -0.05) is 18.2 Å². The highest BCUT2D eigenvalue weighted by molar-refractivity contribution is 7.09. The van der Waals surface area contributed by atoms with Crippen LogP contribution in [-0.4, -0.2) is 45.2 Å². The van der Waals surface area contributed by atoms with Crippen LogP contribution in [0.5, 0.6) is 5.75 Å². The molecule has 0 unspecified atom stereocenters. The van der Waals surface area contributed by atoms with Crippen LogP contribution < -0.4 is 19.9 Å². The number of nitrogens with one attached hydrogen (secondary N) is 3. The normalized spacial score (nSPS) is 21.2. The van der Waals surface area contributed by atoms with Crippen LogP contribution >= 0.6 is 11.3 Å². The topological polar surface area (TPSA) is 47.2 Å². The largest absolute Gasteiger partial charge is 0.497 e. The third kappa shape index (κ3) is 5.06. The van der Waals surface area contributed by atoms with Crippen LogP contribution in [0.25, 0.3) is 0 Å². The molecule has 1 aliphatic heterocycles. The monoisotopic (exact) mass is 375 g/mol. The van der Waals surface area contributed by atoms with E-state index >= 15 is 0 Å². The number of hydrogen-bond acceptors (Lipinski definition) is 3. The van der Waals surface area contributed by atoms with E-state index in [-0.39, 0.29) is 11.9 Å². The predicted octanol–water partition coefficient (Wildman–Crippen LogP) is -0.255. The lowest BCUT2D eigenvalue weighted by atomic mass is 10.2. The average Bonchev–Trinajstić information content (AvgIpc) is 3.19. The Kier molecular flexibility index (Phi) is 6.66. The van der Waals surface area contributed by atoms with E-state index in [1.807, 2.05) is 42.5 Å². The lowest BCUT2D eigenvalue weighted by Crippen LogP contribution is -3.29. The maximum absolute atomic E-state index is 12.5. The molecule has 6 heteroatoms. The van der Waals surface area contributed by atoms with Gasteiger partial charge in [-0.2, -0.15) is 0 Å². The maximum Gasteiger partial charge on any atom is 0.278 e. The van der Waals surface area contributed by atoms with E-state index in [0.29, 0.717) is 6.54 Å². The van der Waals surface area contributed by atoms with Crippen LogP contribution in [0, 0.1) is 0 Å². The Morgan fingerprint density at radius 1 is 1.19 bits per heavy atom. The van der Waals surface area contributed by atoms with Gasteiger partial charge in [0.1, 0.15) is 38.5 Å². The molecule has 1 aromatic carbocycles. The number of methoxy groups -OCH3 is 1. The van der Waals surface area contributed by atoms with Gasteiger partial charge in [0.25, 0.3) is 5.91 Å². The predicted molar refractivity (Wildman–Crippen MR) is 104 cm³/mol. The van der Waals surface area contributed by atoms with Crippen molar-refractivity contribution in [2.45, 2.75) is 26.1 Å². The lowest BCUT2D eigenvalue weighted by Gasteiger charge is -2.32. The van der Waals surface area contributed by atoms with Crippen molar-refractivity contribution in [1.82, 2.24) is 5.32 Å². The van der Waals surface area contributed by atoms with Crippen molar-refractivity contribution in [3.63, 3.8) is 0 Å². The molecule has 0 spiro atoms. The van der Waals surface area contributed by atoms with Gasteiger partial charge in [0.05, 0.1) is 12.0 Å². The van der Waals surface area contributed by atoms with Crippen LogP contribution in [0.3, 0.4) is 0 Å². The molecule has 0 radical (unpaired) electrons. The molecule has 1 aromatic heterocycles. The quantitative estimate of drug-likeness (QED) is 0.625. The molecule has 2 aromatic rings. The zero-order valence-corrected chi connectivity index (χ0v) is 16.4. The van der Waals surface area contributed by atoms with E-state index in [9.17, 15) is 4.79 Å². The number of benzene rings is 1. The minimum absolute atomic E-state index is 0.00321. The molecule has 26 heavy (non-hydrogen) atoms. The minimum atomic E-state index is -0.00321. The molecule has 1 amide bonds. The van der Waals surface area contributed by atoms with Crippen LogP contribution in [0.1, 0.15) is 17.4 Å². The molecule has 2 heterocycles. The fourth-order valence-corrected chi connectivity index (χ4v) is 4.24. The highest BCUT2D eigenvalue weighted by Crippen LogP contribution is 2.10. The van der Waals surface area contributed by atoms with Crippen molar-refractivity contribution in [3.8, 4) is 5.75 Å². The van der Waals surface area contributed by atoms with Crippen molar-refractivity contribution in [2.75, 3.05) is 33.3 Å². The molecule has 3 N–H and O–H groups in total. The van der Waals surface area contributed by atoms with Crippen LogP contribution in [0.15, 0.2) is 41.8 Å². The minimum Gasteiger partial charge on any atom is -0.497 e. The number of carbonyl (C=O) groups excluding carboxylic acids is 1.